The molecule has 1 atom stereocenters. The van der Waals surface area contributed by atoms with Crippen LogP contribution in [0.2, 0.25) is 15.1 Å². The van der Waals surface area contributed by atoms with Crippen molar-refractivity contribution in [2.45, 2.75) is 45.3 Å². The molecular formula is C23H22Cl3NO4S. The molecule has 0 saturated heterocycles. The Balaban J connectivity index is 1.72. The summed E-state index contributed by atoms with van der Waals surface area (Å²) >= 11 is 20.1. The van der Waals surface area contributed by atoms with Crippen molar-refractivity contribution in [1.29, 1.82) is 0 Å². The Kier molecular flexibility index (Phi) is 7.73. The lowest BCUT2D eigenvalue weighted by atomic mass is 10.0. The van der Waals surface area contributed by atoms with E-state index in [1.807, 2.05) is 19.1 Å². The van der Waals surface area contributed by atoms with Crippen LogP contribution in [0.1, 0.15) is 42.5 Å². The molecule has 0 aliphatic heterocycles. The van der Waals surface area contributed by atoms with Crippen molar-refractivity contribution in [3.8, 4) is 16.3 Å². The molecule has 0 bridgehead atoms. The van der Waals surface area contributed by atoms with Gasteiger partial charge in [0.2, 0.25) is 0 Å². The van der Waals surface area contributed by atoms with Gasteiger partial charge in [-0.15, -0.1) is 11.3 Å². The van der Waals surface area contributed by atoms with E-state index in [0.29, 0.717) is 17.9 Å². The molecule has 0 aliphatic carbocycles. The van der Waals surface area contributed by atoms with Crippen LogP contribution in [0.25, 0.3) is 10.6 Å². The van der Waals surface area contributed by atoms with Gasteiger partial charge in [0.15, 0.2) is 5.60 Å². The summed E-state index contributed by atoms with van der Waals surface area (Å²) in [7, 11) is 0. The number of carboxylic acid groups (broad SMARTS) is 1. The average Bonchev–Trinajstić information content (AvgIpc) is 3.12. The lowest BCUT2D eigenvalue weighted by molar-refractivity contribution is -0.152. The van der Waals surface area contributed by atoms with Gasteiger partial charge in [0.25, 0.3) is 0 Å². The summed E-state index contributed by atoms with van der Waals surface area (Å²) in [6.07, 6.45) is 0.167. The van der Waals surface area contributed by atoms with Crippen molar-refractivity contribution in [3.63, 3.8) is 0 Å². The fourth-order valence-electron chi connectivity index (χ4n) is 3.02. The van der Waals surface area contributed by atoms with Crippen molar-refractivity contribution < 1.29 is 19.7 Å². The fourth-order valence-corrected chi connectivity index (χ4v) is 4.71. The molecule has 2 aromatic carbocycles. The number of aliphatic hydroxyl groups is 1. The Morgan fingerprint density at radius 1 is 1.12 bits per heavy atom. The first kappa shape index (κ1) is 24.8. The molecule has 3 rings (SSSR count). The zero-order valence-electron chi connectivity index (χ0n) is 17.7. The van der Waals surface area contributed by atoms with Gasteiger partial charge in [-0.05, 0) is 57.4 Å². The minimum Gasteiger partial charge on any atom is -0.478 e. The van der Waals surface area contributed by atoms with E-state index in [9.17, 15) is 15.0 Å². The molecule has 0 amide bonds. The van der Waals surface area contributed by atoms with Crippen LogP contribution in [0.5, 0.6) is 5.75 Å². The number of thiazole rings is 1. The van der Waals surface area contributed by atoms with E-state index < -0.39 is 17.7 Å². The molecule has 2 N–H and O–H groups in total. The molecule has 1 aromatic heterocycles. The first-order chi connectivity index (χ1) is 15.0. The molecule has 1 heterocycles. The molecule has 0 spiro atoms. The smallest absolute Gasteiger partial charge is 0.347 e. The van der Waals surface area contributed by atoms with Crippen LogP contribution in [0.3, 0.4) is 0 Å². The Hall–Kier alpha value is -1.83. The number of aliphatic hydroxyl groups excluding tert-OH is 1. The van der Waals surface area contributed by atoms with Gasteiger partial charge in [0, 0.05) is 10.6 Å². The molecule has 9 heteroatoms. The maximum absolute atomic E-state index is 11.3. The number of carboxylic acids is 1. The van der Waals surface area contributed by atoms with Gasteiger partial charge in [0.1, 0.15) is 15.8 Å². The van der Waals surface area contributed by atoms with Crippen LogP contribution in [-0.2, 0) is 11.2 Å². The largest absolute Gasteiger partial charge is 0.478 e. The molecule has 0 fully saturated rings. The molecule has 0 aliphatic rings. The highest BCUT2D eigenvalue weighted by atomic mass is 35.5. The van der Waals surface area contributed by atoms with Crippen molar-refractivity contribution >= 4 is 52.1 Å². The fraction of sp³-hybridized carbons (Fsp3) is 0.304. The Bertz CT molecular complexity index is 1130. The number of halogens is 3. The van der Waals surface area contributed by atoms with E-state index in [1.165, 1.54) is 25.2 Å². The van der Waals surface area contributed by atoms with Crippen molar-refractivity contribution in [1.82, 2.24) is 4.98 Å². The van der Waals surface area contributed by atoms with Gasteiger partial charge in [-0.1, -0.05) is 53.0 Å². The minimum absolute atomic E-state index is 0.145. The Labute approximate surface area is 205 Å². The second-order valence-electron chi connectivity index (χ2n) is 7.80. The van der Waals surface area contributed by atoms with E-state index in [1.54, 1.807) is 24.3 Å². The Morgan fingerprint density at radius 3 is 2.41 bits per heavy atom. The lowest BCUT2D eigenvalue weighted by Gasteiger charge is -2.23. The maximum Gasteiger partial charge on any atom is 0.347 e. The number of ether oxygens (including phenoxy) is 1. The number of rotatable bonds is 8. The van der Waals surface area contributed by atoms with E-state index in [4.69, 9.17) is 39.5 Å². The zero-order chi connectivity index (χ0) is 23.6. The first-order valence-corrected chi connectivity index (χ1v) is 11.7. The number of carbonyl (C=O) groups is 1. The number of aliphatic carboxylic acids is 1. The summed E-state index contributed by atoms with van der Waals surface area (Å²) < 4.78 is 5.51. The molecule has 0 radical (unpaired) electrons. The molecular weight excluding hydrogens is 493 g/mol. The number of hydrogen-bond donors (Lipinski definition) is 2. The molecule has 170 valence electrons. The van der Waals surface area contributed by atoms with Crippen LogP contribution < -0.4 is 4.74 Å². The van der Waals surface area contributed by atoms with Crippen LogP contribution in [0, 0.1) is 6.92 Å². The summed E-state index contributed by atoms with van der Waals surface area (Å²) in [5, 5.41) is 21.9. The summed E-state index contributed by atoms with van der Waals surface area (Å²) in [6, 6.07) is 10.7. The maximum atomic E-state index is 11.3. The van der Waals surface area contributed by atoms with Gasteiger partial charge in [-0.3, -0.25) is 0 Å². The highest BCUT2D eigenvalue weighted by molar-refractivity contribution is 7.15. The summed E-state index contributed by atoms with van der Waals surface area (Å²) in [5.74, 6) is -0.922. The van der Waals surface area contributed by atoms with Gasteiger partial charge < -0.3 is 14.9 Å². The molecule has 1 unspecified atom stereocenters. The molecule has 0 saturated carbocycles. The highest BCUT2D eigenvalue weighted by Gasteiger charge is 2.30. The average molecular weight is 515 g/mol. The monoisotopic (exact) mass is 513 g/mol. The SMILES string of the molecule is Cc1nc(-c2ccc(Cl)cc2)sc1C(O)CCc1ccc(OC(C)(C)C(=O)O)c(Cl)c1Cl. The predicted octanol–water partition coefficient (Wildman–Crippen LogP) is 6.99. The second-order valence-corrected chi connectivity index (χ2v) is 10.0. The third kappa shape index (κ3) is 5.56. The first-order valence-electron chi connectivity index (χ1n) is 9.80. The van der Waals surface area contributed by atoms with Crippen LogP contribution in [0.15, 0.2) is 36.4 Å². The van der Waals surface area contributed by atoms with Crippen LogP contribution in [0.4, 0.5) is 0 Å². The van der Waals surface area contributed by atoms with Crippen molar-refractivity contribution in [2.24, 2.45) is 0 Å². The quantitative estimate of drug-likeness (QED) is 0.339. The standard InChI is InChI=1S/C23H22Cl3NO4S/c1-12-20(32-21(27-12)14-4-8-15(24)9-5-14)16(28)10-6-13-7-11-17(19(26)18(13)25)31-23(2,3)22(29)30/h4-5,7-9,11,16,28H,6,10H2,1-3H3,(H,29,30). The van der Waals surface area contributed by atoms with E-state index in [-0.39, 0.29) is 15.8 Å². The third-order valence-electron chi connectivity index (χ3n) is 4.92. The van der Waals surface area contributed by atoms with Gasteiger partial charge in [0.05, 0.1) is 21.7 Å². The number of nitrogens with zero attached hydrogens (tertiary/aromatic N) is 1. The summed E-state index contributed by atoms with van der Waals surface area (Å²) in [5.41, 5.74) is 0.999. The minimum atomic E-state index is -1.45. The van der Waals surface area contributed by atoms with Crippen molar-refractivity contribution in [3.05, 3.63) is 67.6 Å². The van der Waals surface area contributed by atoms with Gasteiger partial charge in [-0.25, -0.2) is 9.78 Å². The van der Waals surface area contributed by atoms with Crippen LogP contribution >= 0.6 is 46.1 Å². The molecule has 32 heavy (non-hydrogen) atoms. The predicted molar refractivity (Wildman–Crippen MR) is 129 cm³/mol. The third-order valence-corrected chi connectivity index (χ3v) is 7.38. The molecule has 3 aromatic rings. The number of benzene rings is 2. The highest BCUT2D eigenvalue weighted by Crippen LogP contribution is 2.39. The zero-order valence-corrected chi connectivity index (χ0v) is 20.7. The van der Waals surface area contributed by atoms with Gasteiger partial charge >= 0.3 is 5.97 Å². The second kappa shape index (κ2) is 9.98. The number of aryl methyl sites for hydroxylation is 2. The number of hydrogen-bond acceptors (Lipinski definition) is 5. The normalized spacial score (nSPS) is 12.6. The van der Waals surface area contributed by atoms with Crippen LogP contribution in [-0.4, -0.2) is 26.8 Å². The topological polar surface area (TPSA) is 79.7 Å². The van der Waals surface area contributed by atoms with E-state index in [2.05, 4.69) is 4.98 Å². The number of aromatic nitrogens is 1. The summed E-state index contributed by atoms with van der Waals surface area (Å²) in [4.78, 5) is 16.7. The van der Waals surface area contributed by atoms with Crippen molar-refractivity contribution in [2.75, 3.05) is 0 Å². The van der Waals surface area contributed by atoms with E-state index in [0.717, 1.165) is 26.7 Å². The van der Waals surface area contributed by atoms with Gasteiger partial charge in [-0.2, -0.15) is 0 Å². The molecule has 5 nitrogen and oxygen atoms in total. The Morgan fingerprint density at radius 2 is 1.78 bits per heavy atom. The summed E-state index contributed by atoms with van der Waals surface area (Å²) in [6.45, 7) is 4.73. The lowest BCUT2D eigenvalue weighted by Crippen LogP contribution is -2.38. The van der Waals surface area contributed by atoms with E-state index >= 15 is 0 Å².